The molecule has 0 aromatic heterocycles. The summed E-state index contributed by atoms with van der Waals surface area (Å²) in [6, 6.07) is 5.80. The van der Waals surface area contributed by atoms with Crippen LogP contribution in [-0.4, -0.2) is 25.1 Å². The maximum Gasteiger partial charge on any atom is 0.255 e. The van der Waals surface area contributed by atoms with E-state index in [2.05, 4.69) is 17.6 Å². The molecule has 1 heterocycles. The van der Waals surface area contributed by atoms with Gasteiger partial charge in [-0.15, -0.1) is 0 Å². The predicted octanol–water partition coefficient (Wildman–Crippen LogP) is 2.41. The Bertz CT molecular complexity index is 432. The fourth-order valence-electron chi connectivity index (χ4n) is 2.16. The van der Waals surface area contributed by atoms with Crippen molar-refractivity contribution in [1.82, 2.24) is 5.32 Å². The van der Waals surface area contributed by atoms with Gasteiger partial charge in [-0.2, -0.15) is 0 Å². The fraction of sp³-hybridized carbons (Fsp3) is 0.500. The summed E-state index contributed by atoms with van der Waals surface area (Å²) >= 11 is 0. The molecule has 18 heavy (non-hydrogen) atoms. The molecular formula is C14H20N2O2. The van der Waals surface area contributed by atoms with Gasteiger partial charge in [0.25, 0.3) is 5.91 Å². The van der Waals surface area contributed by atoms with Crippen molar-refractivity contribution in [1.29, 1.82) is 0 Å². The molecule has 2 N–H and O–H groups in total. The Morgan fingerprint density at radius 1 is 1.56 bits per heavy atom. The van der Waals surface area contributed by atoms with Crippen LogP contribution in [0.2, 0.25) is 0 Å². The highest BCUT2D eigenvalue weighted by Gasteiger charge is 2.19. The molecule has 0 saturated heterocycles. The molecule has 1 unspecified atom stereocenters. The normalized spacial score (nSPS) is 15.0. The maximum atomic E-state index is 12.2. The van der Waals surface area contributed by atoms with Crippen LogP contribution < -0.4 is 15.4 Å². The van der Waals surface area contributed by atoms with Crippen LogP contribution in [0.3, 0.4) is 0 Å². The summed E-state index contributed by atoms with van der Waals surface area (Å²) in [5, 5.41) is 6.23. The molecule has 1 aromatic rings. The van der Waals surface area contributed by atoms with Gasteiger partial charge in [0.2, 0.25) is 0 Å². The Morgan fingerprint density at radius 2 is 2.39 bits per heavy atom. The standard InChI is InChI=1S/C14H20N2O2/c1-3-5-10(2)16-14(17)11-6-4-7-12-13(11)18-9-8-15-12/h4,6-7,10,15H,3,5,8-9H2,1-2H3,(H,16,17). The minimum atomic E-state index is -0.0588. The summed E-state index contributed by atoms with van der Waals surface area (Å²) in [7, 11) is 0. The van der Waals surface area contributed by atoms with Gasteiger partial charge in [0.1, 0.15) is 6.61 Å². The van der Waals surface area contributed by atoms with Crippen molar-refractivity contribution in [2.75, 3.05) is 18.5 Å². The van der Waals surface area contributed by atoms with Gasteiger partial charge in [-0.25, -0.2) is 0 Å². The number of fused-ring (bicyclic) bond motifs is 1. The van der Waals surface area contributed by atoms with Gasteiger partial charge in [0.15, 0.2) is 5.75 Å². The predicted molar refractivity (Wildman–Crippen MR) is 72.3 cm³/mol. The largest absolute Gasteiger partial charge is 0.489 e. The van der Waals surface area contributed by atoms with Crippen molar-refractivity contribution >= 4 is 11.6 Å². The van der Waals surface area contributed by atoms with E-state index in [1.165, 1.54) is 0 Å². The van der Waals surface area contributed by atoms with Crippen LogP contribution in [0.25, 0.3) is 0 Å². The average Bonchev–Trinajstić information content (AvgIpc) is 2.38. The molecule has 1 amide bonds. The van der Waals surface area contributed by atoms with Gasteiger partial charge in [-0.1, -0.05) is 19.4 Å². The average molecular weight is 248 g/mol. The van der Waals surface area contributed by atoms with Crippen molar-refractivity contribution in [2.45, 2.75) is 32.7 Å². The van der Waals surface area contributed by atoms with Crippen molar-refractivity contribution in [3.05, 3.63) is 23.8 Å². The Labute approximate surface area is 108 Å². The third kappa shape index (κ3) is 2.75. The molecule has 0 aliphatic carbocycles. The monoisotopic (exact) mass is 248 g/mol. The summed E-state index contributed by atoms with van der Waals surface area (Å²) in [5.74, 6) is 0.612. The maximum absolute atomic E-state index is 12.2. The van der Waals surface area contributed by atoms with Gasteiger partial charge in [0.05, 0.1) is 11.3 Å². The molecule has 98 valence electrons. The summed E-state index contributed by atoms with van der Waals surface area (Å²) < 4.78 is 5.59. The molecule has 4 heteroatoms. The number of anilines is 1. The van der Waals surface area contributed by atoms with Gasteiger partial charge < -0.3 is 15.4 Å². The van der Waals surface area contributed by atoms with E-state index in [1.54, 1.807) is 6.07 Å². The molecule has 0 saturated carbocycles. The smallest absolute Gasteiger partial charge is 0.255 e. The lowest BCUT2D eigenvalue weighted by atomic mass is 10.1. The molecule has 0 spiro atoms. The van der Waals surface area contributed by atoms with Gasteiger partial charge >= 0.3 is 0 Å². The molecule has 1 aliphatic rings. The SMILES string of the molecule is CCCC(C)NC(=O)c1cccc2c1OCCN2. The van der Waals surface area contributed by atoms with Crippen molar-refractivity contribution in [3.63, 3.8) is 0 Å². The first-order chi connectivity index (χ1) is 8.72. The van der Waals surface area contributed by atoms with Crippen LogP contribution in [0.5, 0.6) is 5.75 Å². The van der Waals surface area contributed by atoms with Crippen LogP contribution in [-0.2, 0) is 0 Å². The highest BCUT2D eigenvalue weighted by molar-refractivity contribution is 5.99. The fourth-order valence-corrected chi connectivity index (χ4v) is 2.16. The summed E-state index contributed by atoms with van der Waals surface area (Å²) in [4.78, 5) is 12.2. The van der Waals surface area contributed by atoms with E-state index in [1.807, 2.05) is 19.1 Å². The summed E-state index contributed by atoms with van der Waals surface area (Å²) in [5.41, 5.74) is 1.51. The molecule has 2 rings (SSSR count). The zero-order valence-electron chi connectivity index (χ0n) is 11.0. The molecule has 0 radical (unpaired) electrons. The van der Waals surface area contributed by atoms with Gasteiger partial charge in [-0.3, -0.25) is 4.79 Å². The Kier molecular flexibility index (Phi) is 4.07. The number of amides is 1. The first-order valence-electron chi connectivity index (χ1n) is 6.53. The van der Waals surface area contributed by atoms with Crippen molar-refractivity contribution in [3.8, 4) is 5.75 Å². The second-order valence-electron chi connectivity index (χ2n) is 4.62. The number of carbonyl (C=O) groups excluding carboxylic acids is 1. The Morgan fingerprint density at radius 3 is 3.17 bits per heavy atom. The topological polar surface area (TPSA) is 50.4 Å². The van der Waals surface area contributed by atoms with Crippen LogP contribution in [0.4, 0.5) is 5.69 Å². The Hall–Kier alpha value is -1.71. The number of nitrogens with one attached hydrogen (secondary N) is 2. The lowest BCUT2D eigenvalue weighted by Crippen LogP contribution is -2.33. The van der Waals surface area contributed by atoms with Crippen LogP contribution >= 0.6 is 0 Å². The van der Waals surface area contributed by atoms with E-state index in [0.29, 0.717) is 17.9 Å². The first-order valence-corrected chi connectivity index (χ1v) is 6.53. The number of hydrogen-bond donors (Lipinski definition) is 2. The second-order valence-corrected chi connectivity index (χ2v) is 4.62. The van der Waals surface area contributed by atoms with Gasteiger partial charge in [-0.05, 0) is 25.5 Å². The molecule has 4 nitrogen and oxygen atoms in total. The number of para-hydroxylation sites is 1. The molecule has 0 bridgehead atoms. The lowest BCUT2D eigenvalue weighted by molar-refractivity contribution is 0.0934. The third-order valence-electron chi connectivity index (χ3n) is 3.02. The highest BCUT2D eigenvalue weighted by atomic mass is 16.5. The van der Waals surface area contributed by atoms with E-state index in [9.17, 15) is 4.79 Å². The highest BCUT2D eigenvalue weighted by Crippen LogP contribution is 2.31. The number of benzene rings is 1. The van der Waals surface area contributed by atoms with Gasteiger partial charge in [0, 0.05) is 12.6 Å². The summed E-state index contributed by atoms with van der Waals surface area (Å²) in [6.07, 6.45) is 2.05. The first kappa shape index (κ1) is 12.7. The minimum Gasteiger partial charge on any atom is -0.489 e. The molecular weight excluding hydrogens is 228 g/mol. The molecule has 1 aliphatic heterocycles. The van der Waals surface area contributed by atoms with E-state index in [-0.39, 0.29) is 11.9 Å². The van der Waals surface area contributed by atoms with Crippen LogP contribution in [0.15, 0.2) is 18.2 Å². The number of hydrogen-bond acceptors (Lipinski definition) is 3. The zero-order chi connectivity index (χ0) is 13.0. The van der Waals surface area contributed by atoms with Crippen molar-refractivity contribution in [2.24, 2.45) is 0 Å². The molecule has 1 aromatic carbocycles. The zero-order valence-corrected chi connectivity index (χ0v) is 11.0. The summed E-state index contributed by atoms with van der Waals surface area (Å²) in [6.45, 7) is 5.52. The lowest BCUT2D eigenvalue weighted by Gasteiger charge is -2.22. The second kappa shape index (κ2) is 5.76. The van der Waals surface area contributed by atoms with Crippen LogP contribution in [0.1, 0.15) is 37.0 Å². The molecule has 0 fully saturated rings. The minimum absolute atomic E-state index is 0.0588. The van der Waals surface area contributed by atoms with E-state index in [4.69, 9.17) is 4.74 Å². The van der Waals surface area contributed by atoms with E-state index >= 15 is 0 Å². The quantitative estimate of drug-likeness (QED) is 0.860. The third-order valence-corrected chi connectivity index (χ3v) is 3.02. The number of carbonyl (C=O) groups is 1. The number of ether oxygens (including phenoxy) is 1. The van der Waals surface area contributed by atoms with E-state index < -0.39 is 0 Å². The van der Waals surface area contributed by atoms with Crippen molar-refractivity contribution < 1.29 is 9.53 Å². The number of rotatable bonds is 4. The van der Waals surface area contributed by atoms with E-state index in [0.717, 1.165) is 25.1 Å². The Balaban J connectivity index is 2.15. The molecule has 1 atom stereocenters. The van der Waals surface area contributed by atoms with Crippen LogP contribution in [0, 0.1) is 0 Å².